The van der Waals surface area contributed by atoms with E-state index in [0.29, 0.717) is 0 Å². The molecule has 1 saturated heterocycles. The minimum absolute atomic E-state index is 0.798. The van der Waals surface area contributed by atoms with Gasteiger partial charge in [0.25, 0.3) is 0 Å². The third kappa shape index (κ3) is 2.94. The van der Waals surface area contributed by atoms with E-state index in [4.69, 9.17) is 4.74 Å². The number of fused-ring (bicyclic) bond motifs is 1. The molecule has 0 aliphatic carbocycles. The van der Waals surface area contributed by atoms with Gasteiger partial charge in [0.2, 0.25) is 0 Å². The van der Waals surface area contributed by atoms with Gasteiger partial charge in [0.1, 0.15) is 6.33 Å². The Kier molecular flexibility index (Phi) is 3.97. The molecule has 4 nitrogen and oxygen atoms in total. The first-order chi connectivity index (χ1) is 11.3. The van der Waals surface area contributed by atoms with Crippen LogP contribution in [0.5, 0.6) is 0 Å². The zero-order chi connectivity index (χ0) is 15.6. The summed E-state index contributed by atoms with van der Waals surface area (Å²) >= 11 is 3.53. The molecule has 1 fully saturated rings. The van der Waals surface area contributed by atoms with Gasteiger partial charge in [0.05, 0.1) is 24.4 Å². The van der Waals surface area contributed by atoms with Gasteiger partial charge < -0.3 is 9.64 Å². The normalized spacial score (nSPS) is 15.1. The molecular formula is C18H16BrN3O. The van der Waals surface area contributed by atoms with Crippen LogP contribution in [-0.2, 0) is 4.74 Å². The zero-order valence-electron chi connectivity index (χ0n) is 12.6. The van der Waals surface area contributed by atoms with Crippen LogP contribution < -0.4 is 4.90 Å². The van der Waals surface area contributed by atoms with Crippen LogP contribution in [0.2, 0.25) is 0 Å². The van der Waals surface area contributed by atoms with Crippen LogP contribution >= 0.6 is 15.9 Å². The number of rotatable bonds is 2. The molecule has 1 aliphatic rings. The van der Waals surface area contributed by atoms with E-state index in [2.05, 4.69) is 61.1 Å². The Hall–Kier alpha value is -1.98. The molecule has 23 heavy (non-hydrogen) atoms. The Morgan fingerprint density at radius 2 is 1.74 bits per heavy atom. The molecule has 1 aliphatic heterocycles. The van der Waals surface area contributed by atoms with E-state index in [1.807, 2.05) is 12.1 Å². The molecule has 4 rings (SSSR count). The van der Waals surface area contributed by atoms with Gasteiger partial charge in [-0.2, -0.15) is 0 Å². The first kappa shape index (κ1) is 14.6. The summed E-state index contributed by atoms with van der Waals surface area (Å²) in [5.74, 6) is 0. The summed E-state index contributed by atoms with van der Waals surface area (Å²) < 4.78 is 6.44. The average molecular weight is 370 g/mol. The molecule has 116 valence electrons. The second-order valence-corrected chi connectivity index (χ2v) is 6.45. The molecule has 2 heterocycles. The molecule has 3 aromatic rings. The second-order valence-electron chi connectivity index (χ2n) is 5.53. The van der Waals surface area contributed by atoms with Crippen molar-refractivity contribution in [3.63, 3.8) is 0 Å². The lowest BCUT2D eigenvalue weighted by atomic mass is 10.1. The number of ether oxygens (including phenoxy) is 1. The van der Waals surface area contributed by atoms with Crippen molar-refractivity contribution in [2.24, 2.45) is 0 Å². The van der Waals surface area contributed by atoms with Crippen molar-refractivity contribution in [3.8, 4) is 11.3 Å². The fourth-order valence-electron chi connectivity index (χ4n) is 2.91. The molecular weight excluding hydrogens is 354 g/mol. The lowest BCUT2D eigenvalue weighted by Crippen LogP contribution is -2.36. The Labute approximate surface area is 143 Å². The Morgan fingerprint density at radius 1 is 0.957 bits per heavy atom. The molecule has 0 amide bonds. The van der Waals surface area contributed by atoms with E-state index in [1.165, 1.54) is 5.69 Å². The minimum Gasteiger partial charge on any atom is -0.378 e. The summed E-state index contributed by atoms with van der Waals surface area (Å²) in [5, 5.41) is 1.06. The third-order valence-electron chi connectivity index (χ3n) is 4.11. The molecule has 0 N–H and O–H groups in total. The van der Waals surface area contributed by atoms with Crippen LogP contribution in [0.1, 0.15) is 0 Å². The van der Waals surface area contributed by atoms with Crippen molar-refractivity contribution in [3.05, 3.63) is 53.3 Å². The predicted molar refractivity (Wildman–Crippen MR) is 95.7 cm³/mol. The summed E-state index contributed by atoms with van der Waals surface area (Å²) in [6.45, 7) is 3.49. The first-order valence-electron chi connectivity index (χ1n) is 7.65. The van der Waals surface area contributed by atoms with E-state index in [0.717, 1.165) is 52.9 Å². The fraction of sp³-hybridized carbons (Fsp3) is 0.222. The van der Waals surface area contributed by atoms with Crippen LogP contribution in [0, 0.1) is 0 Å². The number of nitrogens with zero attached hydrogens (tertiary/aromatic N) is 3. The van der Waals surface area contributed by atoms with Crippen LogP contribution in [0.4, 0.5) is 5.69 Å². The highest BCUT2D eigenvalue weighted by Gasteiger charge is 2.12. The summed E-state index contributed by atoms with van der Waals surface area (Å²) in [7, 11) is 0. The van der Waals surface area contributed by atoms with E-state index in [-0.39, 0.29) is 0 Å². The van der Waals surface area contributed by atoms with Crippen molar-refractivity contribution in [1.29, 1.82) is 0 Å². The van der Waals surface area contributed by atoms with E-state index >= 15 is 0 Å². The first-order valence-corrected chi connectivity index (χ1v) is 8.44. The average Bonchev–Trinajstić information content (AvgIpc) is 2.62. The molecule has 5 heteroatoms. The highest BCUT2D eigenvalue weighted by molar-refractivity contribution is 9.10. The summed E-state index contributed by atoms with van der Waals surface area (Å²) in [6.07, 6.45) is 1.63. The van der Waals surface area contributed by atoms with Crippen molar-refractivity contribution in [2.45, 2.75) is 0 Å². The van der Waals surface area contributed by atoms with Crippen LogP contribution in [0.15, 0.2) is 53.3 Å². The lowest BCUT2D eigenvalue weighted by Gasteiger charge is -2.28. The maximum absolute atomic E-state index is 5.41. The highest BCUT2D eigenvalue weighted by atomic mass is 79.9. The monoisotopic (exact) mass is 369 g/mol. The van der Waals surface area contributed by atoms with Gasteiger partial charge in [0.15, 0.2) is 0 Å². The standard InChI is InChI=1S/C18H16BrN3O/c19-14-3-6-17-16(11-14)18(21-12-20-17)13-1-4-15(5-2-13)22-7-9-23-10-8-22/h1-6,11-12H,7-10H2. The molecule has 1 aromatic heterocycles. The minimum atomic E-state index is 0.798. The Bertz CT molecular complexity index is 829. The van der Waals surface area contributed by atoms with Crippen molar-refractivity contribution < 1.29 is 4.74 Å². The van der Waals surface area contributed by atoms with Gasteiger partial charge >= 0.3 is 0 Å². The lowest BCUT2D eigenvalue weighted by molar-refractivity contribution is 0.122. The maximum Gasteiger partial charge on any atom is 0.116 e. The van der Waals surface area contributed by atoms with Crippen molar-refractivity contribution in [2.75, 3.05) is 31.2 Å². The van der Waals surface area contributed by atoms with Crippen LogP contribution in [0.25, 0.3) is 22.2 Å². The fourth-order valence-corrected chi connectivity index (χ4v) is 3.27. The number of morpholine rings is 1. The van der Waals surface area contributed by atoms with Crippen molar-refractivity contribution >= 4 is 32.5 Å². The molecule has 0 atom stereocenters. The molecule has 2 aromatic carbocycles. The molecule has 0 radical (unpaired) electrons. The topological polar surface area (TPSA) is 38.2 Å². The number of anilines is 1. The number of hydrogen-bond acceptors (Lipinski definition) is 4. The van der Waals surface area contributed by atoms with Crippen LogP contribution in [-0.4, -0.2) is 36.3 Å². The number of benzene rings is 2. The quantitative estimate of drug-likeness (QED) is 0.686. The highest BCUT2D eigenvalue weighted by Crippen LogP contribution is 2.29. The third-order valence-corrected chi connectivity index (χ3v) is 4.61. The van der Waals surface area contributed by atoms with E-state index < -0.39 is 0 Å². The Balaban J connectivity index is 1.72. The van der Waals surface area contributed by atoms with Gasteiger partial charge in [-0.05, 0) is 30.3 Å². The summed E-state index contributed by atoms with van der Waals surface area (Å²) in [5.41, 5.74) is 4.25. The summed E-state index contributed by atoms with van der Waals surface area (Å²) in [4.78, 5) is 11.2. The van der Waals surface area contributed by atoms with Gasteiger partial charge in [-0.1, -0.05) is 28.1 Å². The largest absolute Gasteiger partial charge is 0.378 e. The smallest absolute Gasteiger partial charge is 0.116 e. The zero-order valence-corrected chi connectivity index (χ0v) is 14.2. The van der Waals surface area contributed by atoms with Gasteiger partial charge in [-0.25, -0.2) is 9.97 Å². The van der Waals surface area contributed by atoms with Gasteiger partial charge in [-0.15, -0.1) is 0 Å². The van der Waals surface area contributed by atoms with Crippen molar-refractivity contribution in [1.82, 2.24) is 9.97 Å². The second kappa shape index (κ2) is 6.26. The molecule has 0 bridgehead atoms. The number of aromatic nitrogens is 2. The maximum atomic E-state index is 5.41. The van der Waals surface area contributed by atoms with Crippen LogP contribution in [0.3, 0.4) is 0 Å². The summed E-state index contributed by atoms with van der Waals surface area (Å²) in [6, 6.07) is 14.7. The van der Waals surface area contributed by atoms with Gasteiger partial charge in [0, 0.05) is 34.2 Å². The Morgan fingerprint density at radius 3 is 2.52 bits per heavy atom. The van der Waals surface area contributed by atoms with Gasteiger partial charge in [-0.3, -0.25) is 0 Å². The molecule has 0 saturated carbocycles. The molecule has 0 unspecified atom stereocenters. The number of halogens is 1. The predicted octanol–water partition coefficient (Wildman–Crippen LogP) is 3.90. The SMILES string of the molecule is Brc1ccc2ncnc(-c3ccc(N4CCOCC4)cc3)c2c1. The number of hydrogen-bond donors (Lipinski definition) is 0. The molecule has 0 spiro atoms. The van der Waals surface area contributed by atoms with E-state index in [9.17, 15) is 0 Å². The van der Waals surface area contributed by atoms with E-state index in [1.54, 1.807) is 6.33 Å².